The summed E-state index contributed by atoms with van der Waals surface area (Å²) in [4.78, 5) is 18.7. The normalized spacial score (nSPS) is 18.2. The largest absolute Gasteiger partial charge is 0.486 e. The number of carbonyl (C=O) groups is 1. The summed E-state index contributed by atoms with van der Waals surface area (Å²) >= 11 is 6.82. The van der Waals surface area contributed by atoms with E-state index in [4.69, 9.17) is 25.5 Å². The number of ether oxygens (including phenoxy) is 2. The number of benzene rings is 1. The number of fused-ring (bicyclic) bond motifs is 2. The van der Waals surface area contributed by atoms with E-state index in [9.17, 15) is 9.90 Å². The third-order valence-corrected chi connectivity index (χ3v) is 7.01. The number of likely N-dealkylation sites (tertiary alicyclic amines) is 1. The Morgan fingerprint density at radius 3 is 2.71 bits per heavy atom. The average molecular weight is 514 g/mol. The van der Waals surface area contributed by atoms with Crippen molar-refractivity contribution in [2.75, 3.05) is 32.8 Å². The highest BCUT2D eigenvalue weighted by atomic mass is 35.5. The average Bonchev–Trinajstić information content (AvgIpc) is 3.55. The first-order valence-corrected chi connectivity index (χ1v) is 12.1. The van der Waals surface area contributed by atoms with Gasteiger partial charge >= 0.3 is 11.8 Å². The van der Waals surface area contributed by atoms with Gasteiger partial charge in [-0.05, 0) is 43.6 Å². The zero-order valence-corrected chi connectivity index (χ0v) is 19.5. The van der Waals surface area contributed by atoms with Crippen molar-refractivity contribution in [2.24, 2.45) is 0 Å². The number of carbonyl (C=O) groups excluding carboxylic acids is 1. The quantitative estimate of drug-likeness (QED) is 0.497. The number of nitrogens with zero attached hydrogens (tertiary/aromatic N) is 2. The van der Waals surface area contributed by atoms with Gasteiger partial charge in [0.15, 0.2) is 21.9 Å². The summed E-state index contributed by atoms with van der Waals surface area (Å²) in [5, 5.41) is 13.4. The monoisotopic (exact) mass is 513 g/mol. The molecule has 3 aromatic rings. The molecule has 0 radical (unpaired) electrons. The van der Waals surface area contributed by atoms with Gasteiger partial charge in [-0.2, -0.15) is 13.8 Å². The third-order valence-electron chi connectivity index (χ3n) is 5.87. The Morgan fingerprint density at radius 1 is 1.24 bits per heavy atom. The lowest BCUT2D eigenvalue weighted by Crippen LogP contribution is -2.51. The minimum absolute atomic E-state index is 0.0856. The van der Waals surface area contributed by atoms with Gasteiger partial charge in [-0.1, -0.05) is 17.7 Å². The predicted molar refractivity (Wildman–Crippen MR) is 121 cm³/mol. The Bertz CT molecular complexity index is 1170. The second kappa shape index (κ2) is 9.29. The van der Waals surface area contributed by atoms with Crippen molar-refractivity contribution in [3.63, 3.8) is 0 Å². The maximum absolute atomic E-state index is 15.0. The van der Waals surface area contributed by atoms with Gasteiger partial charge in [0.1, 0.15) is 19.3 Å². The number of nitrogens with one attached hydrogen (secondary N) is 1. The number of halogens is 3. The fourth-order valence-electron chi connectivity index (χ4n) is 4.14. The van der Waals surface area contributed by atoms with Crippen LogP contribution in [0.4, 0.5) is 8.78 Å². The predicted octanol–water partition coefficient (Wildman–Crippen LogP) is 3.72. The van der Waals surface area contributed by atoms with Gasteiger partial charge in [0.05, 0.1) is 10.4 Å². The molecular formula is C22H22ClF2N3O5S. The Kier molecular flexibility index (Phi) is 6.36. The molecule has 0 spiro atoms. The third kappa shape index (κ3) is 4.57. The smallest absolute Gasteiger partial charge is 0.398 e. The summed E-state index contributed by atoms with van der Waals surface area (Å²) in [5.41, 5.74) is 0.505. The van der Waals surface area contributed by atoms with Gasteiger partial charge in [0, 0.05) is 12.6 Å². The molecule has 12 heteroatoms. The van der Waals surface area contributed by atoms with Crippen molar-refractivity contribution < 1.29 is 32.6 Å². The van der Waals surface area contributed by atoms with Crippen LogP contribution in [0.3, 0.4) is 0 Å². The number of aromatic nitrogens is 1. The Labute approximate surface area is 202 Å². The lowest BCUT2D eigenvalue weighted by molar-refractivity contribution is -0.152. The van der Waals surface area contributed by atoms with Crippen molar-refractivity contribution in [3.05, 3.63) is 40.1 Å². The van der Waals surface area contributed by atoms with E-state index in [0.717, 1.165) is 37.3 Å². The minimum atomic E-state index is -4.04. The Morgan fingerprint density at radius 2 is 1.97 bits per heavy atom. The van der Waals surface area contributed by atoms with E-state index < -0.39 is 29.9 Å². The van der Waals surface area contributed by atoms with Crippen molar-refractivity contribution in [3.8, 4) is 11.5 Å². The minimum Gasteiger partial charge on any atom is -0.486 e. The molecule has 2 aliphatic rings. The maximum atomic E-state index is 15.0. The number of hydrogen-bond acceptors (Lipinski definition) is 8. The molecule has 182 valence electrons. The second-order valence-electron chi connectivity index (χ2n) is 8.25. The number of aliphatic hydroxyl groups excluding tert-OH is 1. The van der Waals surface area contributed by atoms with Crippen LogP contribution in [-0.2, 0) is 10.7 Å². The van der Waals surface area contributed by atoms with Gasteiger partial charge in [-0.25, -0.2) is 0 Å². The molecule has 0 aliphatic carbocycles. The lowest BCUT2D eigenvalue weighted by Gasteiger charge is -2.30. The maximum Gasteiger partial charge on any atom is 0.398 e. The van der Waals surface area contributed by atoms with Crippen LogP contribution in [0.1, 0.15) is 30.4 Å². The summed E-state index contributed by atoms with van der Waals surface area (Å²) < 4.78 is 46.5. The lowest BCUT2D eigenvalue weighted by atomic mass is 10.0. The van der Waals surface area contributed by atoms with Crippen molar-refractivity contribution >= 4 is 39.3 Å². The standard InChI is InChI=1S/C22H22ClF2N3O5S/c23-17-10-16-19(34-17)27-21(33-16)22(24,25)20(30)26-13(11-28-5-1-2-6-28)18(29)12-3-4-14-15(9-12)32-8-7-31-14/h3-4,9-10,13,18,29H,1-2,5-8,11H2,(H,26,30)/t13-,18-/m1/s1. The van der Waals surface area contributed by atoms with E-state index in [1.165, 1.54) is 6.07 Å². The number of oxazole rings is 1. The number of hydrogen-bond donors (Lipinski definition) is 2. The van der Waals surface area contributed by atoms with Crippen molar-refractivity contribution in [1.29, 1.82) is 0 Å². The van der Waals surface area contributed by atoms with E-state index in [0.29, 0.717) is 34.6 Å². The van der Waals surface area contributed by atoms with Crippen LogP contribution in [0.25, 0.3) is 10.4 Å². The topological polar surface area (TPSA) is 97.1 Å². The highest BCUT2D eigenvalue weighted by molar-refractivity contribution is 7.22. The van der Waals surface area contributed by atoms with Crippen molar-refractivity contribution in [1.82, 2.24) is 15.2 Å². The van der Waals surface area contributed by atoms with Gasteiger partial charge in [-0.3, -0.25) is 4.79 Å². The fraction of sp³-hybridized carbons (Fsp3) is 0.455. The Balaban J connectivity index is 1.38. The molecule has 2 N–H and O–H groups in total. The van der Waals surface area contributed by atoms with Gasteiger partial charge in [0.25, 0.3) is 5.89 Å². The number of alkyl halides is 2. The summed E-state index contributed by atoms with van der Waals surface area (Å²) in [6.45, 7) is 2.50. The molecule has 34 heavy (non-hydrogen) atoms. The summed E-state index contributed by atoms with van der Waals surface area (Å²) in [6.07, 6.45) is 0.669. The molecule has 1 saturated heterocycles. The van der Waals surface area contributed by atoms with Crippen LogP contribution in [0.5, 0.6) is 11.5 Å². The Hall–Kier alpha value is -2.47. The summed E-state index contributed by atoms with van der Waals surface area (Å²) in [7, 11) is 0. The van der Waals surface area contributed by atoms with Gasteiger partial charge in [0.2, 0.25) is 0 Å². The first-order valence-electron chi connectivity index (χ1n) is 10.9. The molecule has 1 aromatic carbocycles. The molecule has 8 nitrogen and oxygen atoms in total. The number of thiophene rings is 1. The van der Waals surface area contributed by atoms with Gasteiger partial charge in [-0.15, -0.1) is 11.3 Å². The van der Waals surface area contributed by atoms with Crippen LogP contribution in [0, 0.1) is 0 Å². The molecule has 0 saturated carbocycles. The first kappa shape index (κ1) is 23.3. The zero-order valence-electron chi connectivity index (χ0n) is 17.9. The zero-order chi connectivity index (χ0) is 23.9. The molecule has 0 bridgehead atoms. The first-order chi connectivity index (χ1) is 16.3. The fourth-order valence-corrected chi connectivity index (χ4v) is 5.14. The molecule has 4 heterocycles. The van der Waals surface area contributed by atoms with E-state index in [1.54, 1.807) is 18.2 Å². The molecule has 5 rings (SSSR count). The summed E-state index contributed by atoms with van der Waals surface area (Å²) in [5.74, 6) is -5.67. The van der Waals surface area contributed by atoms with Crippen LogP contribution in [-0.4, -0.2) is 59.8 Å². The molecular weight excluding hydrogens is 492 g/mol. The van der Waals surface area contributed by atoms with Crippen LogP contribution in [0.15, 0.2) is 28.7 Å². The van der Waals surface area contributed by atoms with E-state index >= 15 is 8.78 Å². The highest BCUT2D eigenvalue weighted by Gasteiger charge is 2.48. The SMILES string of the molecule is O=C(N[C@H](CN1CCCC1)[C@H](O)c1ccc2c(c1)OCCO2)C(F)(F)c1nc2sc(Cl)cc2o1. The second-order valence-corrected chi connectivity index (χ2v) is 9.91. The summed E-state index contributed by atoms with van der Waals surface area (Å²) in [6, 6.07) is 5.25. The molecule has 2 aromatic heterocycles. The van der Waals surface area contributed by atoms with Crippen molar-refractivity contribution in [2.45, 2.75) is 30.9 Å². The van der Waals surface area contributed by atoms with E-state index in [2.05, 4.69) is 10.3 Å². The molecule has 2 aliphatic heterocycles. The molecule has 1 fully saturated rings. The van der Waals surface area contributed by atoms with Crippen LogP contribution >= 0.6 is 22.9 Å². The molecule has 1 amide bonds. The van der Waals surface area contributed by atoms with E-state index in [1.807, 2.05) is 4.90 Å². The molecule has 2 atom stereocenters. The van der Waals surface area contributed by atoms with Crippen LogP contribution in [0.2, 0.25) is 4.34 Å². The van der Waals surface area contributed by atoms with Gasteiger partial charge < -0.3 is 29.2 Å². The number of amides is 1. The van der Waals surface area contributed by atoms with E-state index in [-0.39, 0.29) is 17.0 Å². The number of aliphatic hydroxyl groups is 1. The molecule has 0 unspecified atom stereocenters. The number of rotatable bonds is 7. The van der Waals surface area contributed by atoms with Crippen LogP contribution < -0.4 is 14.8 Å². The highest BCUT2D eigenvalue weighted by Crippen LogP contribution is 2.37.